The number of carbonyl (C=O) groups excluding carboxylic acids is 1. The van der Waals surface area contributed by atoms with E-state index in [2.05, 4.69) is 21.9 Å². The molecule has 0 saturated heterocycles. The van der Waals surface area contributed by atoms with Gasteiger partial charge in [0.25, 0.3) is 5.56 Å². The Morgan fingerprint density at radius 3 is 2.72 bits per heavy atom. The Morgan fingerprint density at radius 2 is 2.00 bits per heavy atom. The van der Waals surface area contributed by atoms with Crippen molar-refractivity contribution in [1.29, 1.82) is 0 Å². The number of hydrogen-bond donors (Lipinski definition) is 3. The number of imidazole rings is 1. The summed E-state index contributed by atoms with van der Waals surface area (Å²) < 4.78 is 6.58. The molecule has 4 N–H and O–H groups in total. The first-order chi connectivity index (χ1) is 14.1. The van der Waals surface area contributed by atoms with Gasteiger partial charge in [-0.05, 0) is 12.8 Å². The summed E-state index contributed by atoms with van der Waals surface area (Å²) in [4.78, 5) is 35.1. The fourth-order valence-electron chi connectivity index (χ4n) is 3.25. The number of nitrogen functional groups attached to an aromatic ring is 1. The molecule has 0 spiro atoms. The number of H-pyrrole nitrogens is 1. The second kappa shape index (κ2) is 12.2. The molecule has 2 aromatic rings. The summed E-state index contributed by atoms with van der Waals surface area (Å²) in [5.41, 5.74) is 6.07. The molecule has 0 bridgehead atoms. The molecule has 2 heterocycles. The van der Waals surface area contributed by atoms with Crippen LogP contribution in [0.1, 0.15) is 64.7 Å². The highest BCUT2D eigenvalue weighted by molar-refractivity contribution is 5.70. The SMILES string of the molecule is CCCCCCCCCC(=O)OCCC(CO)Cn1c(N)nc2nc[nH]c2c1=O. The Balaban J connectivity index is 1.71. The fourth-order valence-corrected chi connectivity index (χ4v) is 3.25. The molecule has 1 unspecified atom stereocenters. The number of unbranched alkanes of at least 4 members (excludes halogenated alkanes) is 6. The maximum absolute atomic E-state index is 12.5. The number of nitrogens with zero attached hydrogens (tertiary/aromatic N) is 3. The molecular formula is C20H33N5O4. The lowest BCUT2D eigenvalue weighted by Crippen LogP contribution is -2.29. The summed E-state index contributed by atoms with van der Waals surface area (Å²) in [6.07, 6.45) is 10.3. The van der Waals surface area contributed by atoms with Crippen molar-refractivity contribution < 1.29 is 14.6 Å². The summed E-state index contributed by atoms with van der Waals surface area (Å²) in [5.74, 6) is -0.444. The number of aliphatic hydroxyl groups excluding tert-OH is 1. The number of hydrogen-bond acceptors (Lipinski definition) is 7. The third kappa shape index (κ3) is 7.16. The monoisotopic (exact) mass is 407 g/mol. The van der Waals surface area contributed by atoms with Crippen LogP contribution in [0.15, 0.2) is 11.1 Å². The average Bonchev–Trinajstić information content (AvgIpc) is 3.17. The second-order valence-corrected chi connectivity index (χ2v) is 7.42. The lowest BCUT2D eigenvalue weighted by molar-refractivity contribution is -0.144. The van der Waals surface area contributed by atoms with Crippen molar-refractivity contribution in [3.63, 3.8) is 0 Å². The number of rotatable bonds is 14. The van der Waals surface area contributed by atoms with Gasteiger partial charge in [-0.15, -0.1) is 0 Å². The predicted octanol–water partition coefficient (Wildman–Crippen LogP) is 2.38. The predicted molar refractivity (Wildman–Crippen MR) is 111 cm³/mol. The molecule has 0 aromatic carbocycles. The summed E-state index contributed by atoms with van der Waals surface area (Å²) >= 11 is 0. The van der Waals surface area contributed by atoms with Crippen LogP contribution in [-0.4, -0.2) is 43.8 Å². The number of carbonyl (C=O) groups is 1. The van der Waals surface area contributed by atoms with Crippen molar-refractivity contribution in [1.82, 2.24) is 19.5 Å². The van der Waals surface area contributed by atoms with E-state index < -0.39 is 0 Å². The molecular weight excluding hydrogens is 374 g/mol. The van der Waals surface area contributed by atoms with Crippen LogP contribution in [0, 0.1) is 5.92 Å². The van der Waals surface area contributed by atoms with E-state index in [1.165, 1.54) is 36.6 Å². The molecule has 1 atom stereocenters. The molecule has 29 heavy (non-hydrogen) atoms. The number of aliphatic hydroxyl groups is 1. The first-order valence-electron chi connectivity index (χ1n) is 10.5. The van der Waals surface area contributed by atoms with E-state index in [0.717, 1.165) is 19.3 Å². The zero-order valence-electron chi connectivity index (χ0n) is 17.2. The Hall–Kier alpha value is -2.42. The molecule has 162 valence electrons. The first kappa shape index (κ1) is 22.9. The minimum Gasteiger partial charge on any atom is -0.466 e. The van der Waals surface area contributed by atoms with Crippen LogP contribution in [0.4, 0.5) is 5.95 Å². The summed E-state index contributed by atoms with van der Waals surface area (Å²) in [6, 6.07) is 0. The highest BCUT2D eigenvalue weighted by Crippen LogP contribution is 2.12. The van der Waals surface area contributed by atoms with Crippen LogP contribution in [0.2, 0.25) is 0 Å². The van der Waals surface area contributed by atoms with Crippen molar-refractivity contribution in [2.24, 2.45) is 5.92 Å². The van der Waals surface area contributed by atoms with E-state index in [1.807, 2.05) is 0 Å². The normalized spacial score (nSPS) is 12.3. The molecule has 0 aliphatic rings. The molecule has 2 aromatic heterocycles. The number of fused-ring (bicyclic) bond motifs is 1. The van der Waals surface area contributed by atoms with Crippen molar-refractivity contribution in [2.45, 2.75) is 71.3 Å². The summed E-state index contributed by atoms with van der Waals surface area (Å²) in [7, 11) is 0. The fraction of sp³-hybridized carbons (Fsp3) is 0.700. The van der Waals surface area contributed by atoms with Crippen molar-refractivity contribution in [2.75, 3.05) is 18.9 Å². The Morgan fingerprint density at radius 1 is 1.28 bits per heavy atom. The number of aromatic amines is 1. The third-order valence-electron chi connectivity index (χ3n) is 5.05. The summed E-state index contributed by atoms with van der Waals surface area (Å²) in [5, 5.41) is 9.63. The highest BCUT2D eigenvalue weighted by atomic mass is 16.5. The van der Waals surface area contributed by atoms with Gasteiger partial charge in [-0.2, -0.15) is 4.98 Å². The first-order valence-corrected chi connectivity index (χ1v) is 10.5. The van der Waals surface area contributed by atoms with Gasteiger partial charge in [0.15, 0.2) is 11.2 Å². The van der Waals surface area contributed by atoms with Crippen LogP contribution < -0.4 is 11.3 Å². The highest BCUT2D eigenvalue weighted by Gasteiger charge is 2.16. The Kier molecular flexibility index (Phi) is 9.63. The maximum Gasteiger partial charge on any atom is 0.305 e. The molecule has 0 aliphatic heterocycles. The number of anilines is 1. The lowest BCUT2D eigenvalue weighted by Gasteiger charge is -2.17. The molecule has 0 amide bonds. The minimum atomic E-state index is -0.334. The smallest absolute Gasteiger partial charge is 0.305 e. The van der Waals surface area contributed by atoms with Gasteiger partial charge in [0, 0.05) is 25.5 Å². The maximum atomic E-state index is 12.5. The average molecular weight is 408 g/mol. The standard InChI is InChI=1S/C20H33N5O4/c1-2-3-4-5-6-7-8-9-16(27)29-11-10-15(13-26)12-25-19(28)17-18(23-14-22-17)24-20(25)21/h14-15,26H,2-13H2,1H3,(H2,21,24)(H,22,23). The number of ether oxygens (including phenoxy) is 1. The number of nitrogens with two attached hydrogens (primary N) is 1. The zero-order valence-corrected chi connectivity index (χ0v) is 17.2. The molecule has 0 saturated carbocycles. The topological polar surface area (TPSA) is 136 Å². The van der Waals surface area contributed by atoms with Crippen molar-refractivity contribution >= 4 is 23.1 Å². The number of esters is 1. The van der Waals surface area contributed by atoms with Gasteiger partial charge in [0.2, 0.25) is 5.95 Å². The molecule has 0 aliphatic carbocycles. The van der Waals surface area contributed by atoms with Gasteiger partial charge < -0.3 is 20.6 Å². The zero-order chi connectivity index (χ0) is 21.1. The van der Waals surface area contributed by atoms with Crippen LogP contribution in [-0.2, 0) is 16.1 Å². The molecule has 0 radical (unpaired) electrons. The van der Waals surface area contributed by atoms with Gasteiger partial charge in [0.05, 0.1) is 12.9 Å². The van der Waals surface area contributed by atoms with Crippen LogP contribution in [0.5, 0.6) is 0 Å². The lowest BCUT2D eigenvalue weighted by atomic mass is 10.1. The van der Waals surface area contributed by atoms with E-state index in [0.29, 0.717) is 12.8 Å². The Bertz CT molecular complexity index is 817. The largest absolute Gasteiger partial charge is 0.466 e. The van der Waals surface area contributed by atoms with Crippen LogP contribution in [0.3, 0.4) is 0 Å². The van der Waals surface area contributed by atoms with Gasteiger partial charge in [-0.3, -0.25) is 14.2 Å². The van der Waals surface area contributed by atoms with Crippen molar-refractivity contribution in [3.8, 4) is 0 Å². The quantitative estimate of drug-likeness (QED) is 0.323. The van der Waals surface area contributed by atoms with Gasteiger partial charge in [0.1, 0.15) is 0 Å². The van der Waals surface area contributed by atoms with Gasteiger partial charge >= 0.3 is 5.97 Å². The van der Waals surface area contributed by atoms with E-state index >= 15 is 0 Å². The van der Waals surface area contributed by atoms with Gasteiger partial charge in [-0.1, -0.05) is 45.4 Å². The summed E-state index contributed by atoms with van der Waals surface area (Å²) in [6.45, 7) is 2.44. The van der Waals surface area contributed by atoms with E-state index in [1.54, 1.807) is 0 Å². The Labute approximate surface area is 170 Å². The van der Waals surface area contributed by atoms with Crippen molar-refractivity contribution in [3.05, 3.63) is 16.7 Å². The van der Waals surface area contributed by atoms with Crippen LogP contribution >= 0.6 is 0 Å². The third-order valence-corrected chi connectivity index (χ3v) is 5.05. The van der Waals surface area contributed by atoms with Crippen LogP contribution in [0.25, 0.3) is 11.2 Å². The second-order valence-electron chi connectivity index (χ2n) is 7.42. The number of nitrogens with one attached hydrogen (secondary N) is 1. The van der Waals surface area contributed by atoms with Gasteiger partial charge in [-0.25, -0.2) is 4.98 Å². The molecule has 2 rings (SSSR count). The van der Waals surface area contributed by atoms with E-state index in [4.69, 9.17) is 10.5 Å². The van der Waals surface area contributed by atoms with E-state index in [-0.39, 0.29) is 54.3 Å². The van der Waals surface area contributed by atoms with E-state index in [9.17, 15) is 14.7 Å². The number of aromatic nitrogens is 4. The minimum absolute atomic E-state index is 0.0454. The molecule has 0 fully saturated rings. The molecule has 9 nitrogen and oxygen atoms in total. The molecule has 9 heteroatoms.